The minimum atomic E-state index is -0.551. The first kappa shape index (κ1) is 19.3. The molecule has 1 amide bonds. The van der Waals surface area contributed by atoms with Crippen molar-refractivity contribution in [1.82, 2.24) is 0 Å². The molecule has 1 spiro atoms. The Kier molecular flexibility index (Phi) is 5.18. The molecule has 2 aromatic carbocycles. The Morgan fingerprint density at radius 2 is 1.79 bits per heavy atom. The van der Waals surface area contributed by atoms with Gasteiger partial charge in [0, 0.05) is 24.6 Å². The quantitative estimate of drug-likeness (QED) is 0.770. The highest BCUT2D eigenvalue weighted by atomic mass is 16.7. The van der Waals surface area contributed by atoms with Crippen molar-refractivity contribution in [3.8, 4) is 11.5 Å². The first-order valence-electron chi connectivity index (χ1n) is 10.0. The van der Waals surface area contributed by atoms with E-state index in [4.69, 9.17) is 14.2 Å². The van der Waals surface area contributed by atoms with Crippen LogP contribution in [0.25, 0.3) is 0 Å². The van der Waals surface area contributed by atoms with Crippen LogP contribution in [0.2, 0.25) is 0 Å². The van der Waals surface area contributed by atoms with E-state index < -0.39 is 17.7 Å². The number of ether oxygens (including phenoxy) is 3. The lowest BCUT2D eigenvalue weighted by atomic mass is 9.94. The number of rotatable bonds is 4. The van der Waals surface area contributed by atoms with Gasteiger partial charge in [-0.3, -0.25) is 4.79 Å². The molecule has 29 heavy (non-hydrogen) atoms. The molecule has 6 heteroatoms. The Morgan fingerprint density at radius 3 is 2.59 bits per heavy atom. The molecule has 1 aliphatic carbocycles. The molecular formula is C23H25NO5. The molecule has 6 nitrogen and oxygen atoms in total. The fourth-order valence-electron chi connectivity index (χ4n) is 3.84. The number of esters is 1. The fourth-order valence-corrected chi connectivity index (χ4v) is 3.84. The molecule has 0 aromatic heterocycles. The van der Waals surface area contributed by atoms with Crippen LogP contribution < -0.4 is 14.8 Å². The summed E-state index contributed by atoms with van der Waals surface area (Å²) in [4.78, 5) is 24.5. The van der Waals surface area contributed by atoms with E-state index >= 15 is 0 Å². The topological polar surface area (TPSA) is 73.9 Å². The van der Waals surface area contributed by atoms with Crippen molar-refractivity contribution >= 4 is 17.6 Å². The Balaban J connectivity index is 1.35. The van der Waals surface area contributed by atoms with Crippen LogP contribution in [0, 0.1) is 13.8 Å². The van der Waals surface area contributed by atoms with Gasteiger partial charge in [-0.15, -0.1) is 0 Å². The number of fused-ring (bicyclic) bond motifs is 1. The van der Waals surface area contributed by atoms with E-state index in [1.165, 1.54) is 6.42 Å². The largest absolute Gasteiger partial charge is 0.452 e. The second-order valence-electron chi connectivity index (χ2n) is 7.71. The molecule has 2 aliphatic rings. The van der Waals surface area contributed by atoms with Gasteiger partial charge in [-0.05, 0) is 56.0 Å². The van der Waals surface area contributed by atoms with Crippen LogP contribution in [-0.2, 0) is 9.53 Å². The SMILES string of the molecule is Cc1cccc(C(=O)OCC(=O)Nc2ccc3c(c2)OC2(CCCCC2)O3)c1C. The predicted octanol–water partition coefficient (Wildman–Crippen LogP) is 4.53. The monoisotopic (exact) mass is 395 g/mol. The van der Waals surface area contributed by atoms with Gasteiger partial charge in [-0.25, -0.2) is 4.79 Å². The third-order valence-corrected chi connectivity index (χ3v) is 5.59. The van der Waals surface area contributed by atoms with Crippen LogP contribution in [0.5, 0.6) is 11.5 Å². The van der Waals surface area contributed by atoms with Crippen LogP contribution in [0.1, 0.15) is 53.6 Å². The van der Waals surface area contributed by atoms with Crippen molar-refractivity contribution in [3.05, 3.63) is 53.1 Å². The van der Waals surface area contributed by atoms with E-state index in [1.807, 2.05) is 19.9 Å². The number of hydrogen-bond acceptors (Lipinski definition) is 5. The maximum Gasteiger partial charge on any atom is 0.338 e. The normalized spacial score (nSPS) is 16.5. The summed E-state index contributed by atoms with van der Waals surface area (Å²) in [7, 11) is 0. The maximum absolute atomic E-state index is 12.3. The van der Waals surface area contributed by atoms with E-state index in [0.29, 0.717) is 22.7 Å². The standard InChI is InChI=1S/C23H25NO5/c1-15-7-6-8-18(16(15)2)22(26)27-14-21(25)24-17-9-10-19-20(13-17)29-23(28-19)11-4-3-5-12-23/h6-10,13H,3-5,11-12,14H2,1-2H3,(H,24,25). The molecule has 1 N–H and O–H groups in total. The Labute approximate surface area is 170 Å². The van der Waals surface area contributed by atoms with Crippen molar-refractivity contribution in [2.45, 2.75) is 51.7 Å². The summed E-state index contributed by atoms with van der Waals surface area (Å²) in [6, 6.07) is 10.7. The van der Waals surface area contributed by atoms with Crippen molar-refractivity contribution in [2.24, 2.45) is 0 Å². The molecule has 0 saturated heterocycles. The van der Waals surface area contributed by atoms with Crippen molar-refractivity contribution in [3.63, 3.8) is 0 Å². The zero-order valence-corrected chi connectivity index (χ0v) is 16.7. The van der Waals surface area contributed by atoms with Crippen molar-refractivity contribution in [2.75, 3.05) is 11.9 Å². The zero-order chi connectivity index (χ0) is 20.4. The third-order valence-electron chi connectivity index (χ3n) is 5.59. The molecule has 152 valence electrons. The number of benzene rings is 2. The van der Waals surface area contributed by atoms with E-state index in [1.54, 1.807) is 30.3 Å². The summed E-state index contributed by atoms with van der Waals surface area (Å²) < 4.78 is 17.3. The molecular weight excluding hydrogens is 370 g/mol. The van der Waals surface area contributed by atoms with Gasteiger partial charge < -0.3 is 19.5 Å². The van der Waals surface area contributed by atoms with Gasteiger partial charge >= 0.3 is 5.97 Å². The first-order valence-corrected chi connectivity index (χ1v) is 10.0. The lowest BCUT2D eigenvalue weighted by Crippen LogP contribution is -2.40. The van der Waals surface area contributed by atoms with Gasteiger partial charge in [0.05, 0.1) is 5.56 Å². The maximum atomic E-state index is 12.3. The van der Waals surface area contributed by atoms with Crippen LogP contribution in [0.3, 0.4) is 0 Å². The highest BCUT2D eigenvalue weighted by Crippen LogP contribution is 2.46. The van der Waals surface area contributed by atoms with Crippen LogP contribution in [0.15, 0.2) is 36.4 Å². The number of anilines is 1. The van der Waals surface area contributed by atoms with E-state index in [2.05, 4.69) is 5.32 Å². The fraction of sp³-hybridized carbons (Fsp3) is 0.391. The molecule has 1 saturated carbocycles. The van der Waals surface area contributed by atoms with Crippen molar-refractivity contribution in [1.29, 1.82) is 0 Å². The summed E-state index contributed by atoms with van der Waals surface area (Å²) in [5.41, 5.74) is 2.90. The van der Waals surface area contributed by atoms with Crippen LogP contribution in [-0.4, -0.2) is 24.3 Å². The summed E-state index contributed by atoms with van der Waals surface area (Å²) in [5, 5.41) is 2.74. The molecule has 1 heterocycles. The highest BCUT2D eigenvalue weighted by Gasteiger charge is 2.42. The minimum absolute atomic E-state index is 0.357. The molecule has 0 bridgehead atoms. The van der Waals surface area contributed by atoms with Crippen molar-refractivity contribution < 1.29 is 23.8 Å². The van der Waals surface area contributed by atoms with Gasteiger partial charge in [-0.1, -0.05) is 18.6 Å². The van der Waals surface area contributed by atoms with Gasteiger partial charge in [0.2, 0.25) is 0 Å². The number of carbonyl (C=O) groups is 2. The Hall–Kier alpha value is -3.02. The van der Waals surface area contributed by atoms with E-state index in [-0.39, 0.29) is 6.61 Å². The summed E-state index contributed by atoms with van der Waals surface area (Å²) in [5.74, 6) is -0.130. The average molecular weight is 395 g/mol. The van der Waals surface area contributed by atoms with Crippen LogP contribution in [0.4, 0.5) is 5.69 Å². The summed E-state index contributed by atoms with van der Waals surface area (Å²) in [6.45, 7) is 3.43. The minimum Gasteiger partial charge on any atom is -0.452 e. The Morgan fingerprint density at radius 1 is 1.03 bits per heavy atom. The van der Waals surface area contributed by atoms with E-state index in [0.717, 1.165) is 36.8 Å². The second kappa shape index (κ2) is 7.78. The van der Waals surface area contributed by atoms with Gasteiger partial charge in [0.1, 0.15) is 0 Å². The number of amides is 1. The number of carbonyl (C=O) groups excluding carboxylic acids is 2. The summed E-state index contributed by atoms with van der Waals surface area (Å²) in [6.07, 6.45) is 5.12. The molecule has 0 unspecified atom stereocenters. The predicted molar refractivity (Wildman–Crippen MR) is 108 cm³/mol. The lowest BCUT2D eigenvalue weighted by molar-refractivity contribution is -0.119. The second-order valence-corrected chi connectivity index (χ2v) is 7.71. The number of hydrogen-bond donors (Lipinski definition) is 1. The highest BCUT2D eigenvalue weighted by molar-refractivity contribution is 5.96. The molecule has 0 radical (unpaired) electrons. The molecule has 1 fully saturated rings. The van der Waals surface area contributed by atoms with Crippen LogP contribution >= 0.6 is 0 Å². The molecule has 0 atom stereocenters. The Bertz CT molecular complexity index is 946. The summed E-state index contributed by atoms with van der Waals surface area (Å²) >= 11 is 0. The molecule has 4 rings (SSSR count). The molecule has 2 aromatic rings. The smallest absolute Gasteiger partial charge is 0.338 e. The van der Waals surface area contributed by atoms with Gasteiger partial charge in [0.25, 0.3) is 11.7 Å². The molecule has 1 aliphatic heterocycles. The number of nitrogens with one attached hydrogen (secondary N) is 1. The zero-order valence-electron chi connectivity index (χ0n) is 16.7. The van der Waals surface area contributed by atoms with Gasteiger partial charge in [0.15, 0.2) is 18.1 Å². The number of aryl methyl sites for hydroxylation is 1. The average Bonchev–Trinajstić information content (AvgIpc) is 3.05. The lowest BCUT2D eigenvalue weighted by Gasteiger charge is -2.31. The van der Waals surface area contributed by atoms with Gasteiger partial charge in [-0.2, -0.15) is 0 Å². The third kappa shape index (κ3) is 4.06. The van der Waals surface area contributed by atoms with E-state index in [9.17, 15) is 9.59 Å². The first-order chi connectivity index (χ1) is 14.0.